The zero-order valence-corrected chi connectivity index (χ0v) is 10.8. The number of rotatable bonds is 6. The molecule has 0 aliphatic rings. The van der Waals surface area contributed by atoms with Crippen molar-refractivity contribution in [2.45, 2.75) is 24.3 Å². The number of aromatic carboxylic acids is 1. The van der Waals surface area contributed by atoms with Gasteiger partial charge in [-0.25, -0.2) is 13.2 Å². The number of carboxylic acids is 2. The van der Waals surface area contributed by atoms with E-state index in [4.69, 9.17) is 10.2 Å². The van der Waals surface area contributed by atoms with Gasteiger partial charge in [-0.1, -0.05) is 19.1 Å². The van der Waals surface area contributed by atoms with Gasteiger partial charge in [-0.15, -0.1) is 0 Å². The van der Waals surface area contributed by atoms with Gasteiger partial charge in [0.15, 0.2) is 0 Å². The highest BCUT2D eigenvalue weighted by Gasteiger charge is 2.27. The third-order valence-corrected chi connectivity index (χ3v) is 3.94. The number of benzene rings is 1. The van der Waals surface area contributed by atoms with E-state index in [0.717, 1.165) is 12.1 Å². The number of carboxylic acid groups (broad SMARTS) is 2. The van der Waals surface area contributed by atoms with Crippen molar-refractivity contribution in [2.24, 2.45) is 0 Å². The van der Waals surface area contributed by atoms with Crippen molar-refractivity contribution in [3.05, 3.63) is 29.8 Å². The van der Waals surface area contributed by atoms with Gasteiger partial charge < -0.3 is 10.2 Å². The first-order chi connectivity index (χ1) is 8.79. The summed E-state index contributed by atoms with van der Waals surface area (Å²) in [5.41, 5.74) is -0.407. The summed E-state index contributed by atoms with van der Waals surface area (Å²) in [6, 6.07) is 3.70. The lowest BCUT2D eigenvalue weighted by molar-refractivity contribution is -0.139. The Morgan fingerprint density at radius 2 is 1.84 bits per heavy atom. The predicted octanol–water partition coefficient (Wildman–Crippen LogP) is 0.526. The summed E-state index contributed by atoms with van der Waals surface area (Å²) in [6.07, 6.45) is 0.0454. The molecule has 104 valence electrons. The molecular weight excluding hydrogens is 274 g/mol. The molecule has 3 N–H and O–H groups in total. The predicted molar refractivity (Wildman–Crippen MR) is 65.4 cm³/mol. The molecule has 0 radical (unpaired) electrons. The standard InChI is InChI=1S/C11H13NO6S/c1-2-8(11(15)16)12-19(17,18)9-6-4-3-5-7(9)10(13)14/h3-6,8,12H,2H2,1H3,(H,13,14)(H,15,16). The van der Waals surface area contributed by atoms with Gasteiger partial charge in [0.25, 0.3) is 0 Å². The number of carbonyl (C=O) groups is 2. The molecule has 0 aromatic heterocycles. The van der Waals surface area contributed by atoms with Gasteiger partial charge in [-0.05, 0) is 18.6 Å². The van der Waals surface area contributed by atoms with E-state index in [1.807, 2.05) is 4.72 Å². The Labute approximate surface area is 109 Å². The second-order valence-corrected chi connectivity index (χ2v) is 5.40. The number of hydrogen-bond donors (Lipinski definition) is 3. The topological polar surface area (TPSA) is 121 Å². The Balaban J connectivity index is 3.21. The zero-order chi connectivity index (χ0) is 14.6. The van der Waals surface area contributed by atoms with Crippen LogP contribution in [0.2, 0.25) is 0 Å². The highest BCUT2D eigenvalue weighted by atomic mass is 32.2. The molecule has 19 heavy (non-hydrogen) atoms. The van der Waals surface area contributed by atoms with Gasteiger partial charge in [-0.3, -0.25) is 4.79 Å². The van der Waals surface area contributed by atoms with Gasteiger partial charge in [-0.2, -0.15) is 4.72 Å². The first-order valence-corrected chi connectivity index (χ1v) is 6.85. The second kappa shape index (κ2) is 5.81. The fourth-order valence-corrected chi connectivity index (χ4v) is 2.91. The van der Waals surface area contributed by atoms with Crippen LogP contribution in [0.4, 0.5) is 0 Å². The lowest BCUT2D eigenvalue weighted by Crippen LogP contribution is -2.40. The van der Waals surface area contributed by atoms with E-state index in [9.17, 15) is 18.0 Å². The van der Waals surface area contributed by atoms with Crippen LogP contribution in [-0.4, -0.2) is 36.6 Å². The SMILES string of the molecule is CCC(NS(=O)(=O)c1ccccc1C(=O)O)C(=O)O. The minimum absolute atomic E-state index is 0.0454. The largest absolute Gasteiger partial charge is 0.480 e. The van der Waals surface area contributed by atoms with Crippen molar-refractivity contribution in [1.82, 2.24) is 4.72 Å². The van der Waals surface area contributed by atoms with E-state index < -0.39 is 38.5 Å². The maximum absolute atomic E-state index is 12.0. The Hall–Kier alpha value is -1.93. The van der Waals surface area contributed by atoms with Gasteiger partial charge in [0.2, 0.25) is 10.0 Å². The van der Waals surface area contributed by atoms with Crippen LogP contribution in [0, 0.1) is 0 Å². The van der Waals surface area contributed by atoms with Crippen LogP contribution in [0.15, 0.2) is 29.2 Å². The molecule has 1 atom stereocenters. The summed E-state index contributed by atoms with van der Waals surface area (Å²) < 4.78 is 26.0. The van der Waals surface area contributed by atoms with Crippen molar-refractivity contribution >= 4 is 22.0 Å². The molecule has 0 saturated carbocycles. The average Bonchev–Trinajstić information content (AvgIpc) is 2.35. The Morgan fingerprint density at radius 1 is 1.26 bits per heavy atom. The minimum atomic E-state index is -4.20. The Bertz CT molecular complexity index is 595. The summed E-state index contributed by atoms with van der Waals surface area (Å²) in [5, 5.41) is 17.7. The number of nitrogens with one attached hydrogen (secondary N) is 1. The molecule has 1 unspecified atom stereocenters. The van der Waals surface area contributed by atoms with Crippen LogP contribution in [0.3, 0.4) is 0 Å². The molecule has 0 fully saturated rings. The molecule has 7 nitrogen and oxygen atoms in total. The van der Waals surface area contributed by atoms with Crippen LogP contribution in [0.1, 0.15) is 23.7 Å². The molecular formula is C11H13NO6S. The molecule has 8 heteroatoms. The molecule has 1 rings (SSSR count). The summed E-state index contributed by atoms with van der Waals surface area (Å²) in [7, 11) is -4.20. The molecule has 0 saturated heterocycles. The van der Waals surface area contributed by atoms with Gasteiger partial charge in [0.1, 0.15) is 6.04 Å². The monoisotopic (exact) mass is 287 g/mol. The molecule has 0 aliphatic heterocycles. The fraction of sp³-hybridized carbons (Fsp3) is 0.273. The molecule has 0 bridgehead atoms. The van der Waals surface area contributed by atoms with Crippen molar-refractivity contribution in [3.8, 4) is 0 Å². The molecule has 1 aromatic carbocycles. The minimum Gasteiger partial charge on any atom is -0.480 e. The van der Waals surface area contributed by atoms with E-state index in [2.05, 4.69) is 0 Å². The van der Waals surface area contributed by atoms with Gasteiger partial charge in [0.05, 0.1) is 10.5 Å². The quantitative estimate of drug-likeness (QED) is 0.701. The van der Waals surface area contributed by atoms with Crippen LogP contribution < -0.4 is 4.72 Å². The molecule has 0 spiro atoms. The van der Waals surface area contributed by atoms with Crippen molar-refractivity contribution < 1.29 is 28.2 Å². The number of sulfonamides is 1. The van der Waals surface area contributed by atoms with Crippen molar-refractivity contribution in [3.63, 3.8) is 0 Å². The Kier molecular flexibility index (Phi) is 4.62. The number of aliphatic carboxylic acids is 1. The third-order valence-electron chi connectivity index (χ3n) is 2.41. The van der Waals surface area contributed by atoms with Crippen molar-refractivity contribution in [1.29, 1.82) is 0 Å². The third kappa shape index (κ3) is 3.52. The highest BCUT2D eigenvalue weighted by molar-refractivity contribution is 7.89. The van der Waals surface area contributed by atoms with E-state index in [-0.39, 0.29) is 6.42 Å². The van der Waals surface area contributed by atoms with E-state index in [1.54, 1.807) is 0 Å². The van der Waals surface area contributed by atoms with E-state index in [1.165, 1.54) is 19.1 Å². The highest BCUT2D eigenvalue weighted by Crippen LogP contribution is 2.16. The lowest BCUT2D eigenvalue weighted by Gasteiger charge is -2.14. The summed E-state index contributed by atoms with van der Waals surface area (Å²) in [4.78, 5) is 21.3. The second-order valence-electron chi connectivity index (χ2n) is 3.72. The van der Waals surface area contributed by atoms with Crippen molar-refractivity contribution in [2.75, 3.05) is 0 Å². The summed E-state index contributed by atoms with van der Waals surface area (Å²) in [6.45, 7) is 1.50. The molecule has 0 amide bonds. The normalized spacial score (nSPS) is 12.9. The van der Waals surface area contributed by atoms with Gasteiger partial charge >= 0.3 is 11.9 Å². The van der Waals surface area contributed by atoms with Crippen LogP contribution >= 0.6 is 0 Å². The fourth-order valence-electron chi connectivity index (χ4n) is 1.44. The first kappa shape index (κ1) is 15.1. The first-order valence-electron chi connectivity index (χ1n) is 5.37. The Morgan fingerprint density at radius 3 is 2.32 bits per heavy atom. The van der Waals surface area contributed by atoms with E-state index >= 15 is 0 Å². The average molecular weight is 287 g/mol. The smallest absolute Gasteiger partial charge is 0.337 e. The summed E-state index contributed by atoms with van der Waals surface area (Å²) >= 11 is 0. The maximum Gasteiger partial charge on any atom is 0.337 e. The molecule has 0 aliphatic carbocycles. The molecule has 0 heterocycles. The zero-order valence-electron chi connectivity index (χ0n) is 10.0. The lowest BCUT2D eigenvalue weighted by atomic mass is 10.2. The van der Waals surface area contributed by atoms with E-state index in [0.29, 0.717) is 0 Å². The summed E-state index contributed by atoms with van der Waals surface area (Å²) in [5.74, 6) is -2.72. The van der Waals surface area contributed by atoms with Crippen LogP contribution in [0.5, 0.6) is 0 Å². The van der Waals surface area contributed by atoms with Gasteiger partial charge in [0, 0.05) is 0 Å². The maximum atomic E-state index is 12.0. The van der Waals surface area contributed by atoms with Crippen LogP contribution in [0.25, 0.3) is 0 Å². The molecule has 1 aromatic rings. The van der Waals surface area contributed by atoms with Crippen LogP contribution in [-0.2, 0) is 14.8 Å². The number of hydrogen-bond acceptors (Lipinski definition) is 4.